The third-order valence-electron chi connectivity index (χ3n) is 2.23. The molecule has 0 radical (unpaired) electrons. The summed E-state index contributed by atoms with van der Waals surface area (Å²) in [5, 5.41) is 7.30. The van der Waals surface area contributed by atoms with Crippen LogP contribution in [0.5, 0.6) is 0 Å². The van der Waals surface area contributed by atoms with Gasteiger partial charge in [-0.15, -0.1) is 0 Å². The molecule has 1 unspecified atom stereocenters. The molecule has 0 aliphatic rings. The summed E-state index contributed by atoms with van der Waals surface area (Å²) < 4.78 is 0. The van der Waals surface area contributed by atoms with Crippen molar-refractivity contribution in [1.29, 1.82) is 5.41 Å². The van der Waals surface area contributed by atoms with E-state index in [-0.39, 0.29) is 5.41 Å². The molecule has 0 rings (SSSR count). The van der Waals surface area contributed by atoms with Crippen LogP contribution < -0.4 is 0 Å². The molecule has 1 nitrogen and oxygen atoms in total. The zero-order valence-electron chi connectivity index (χ0n) is 10.1. The SMILES string of the molecule is CC(CC(C)(C)C)CC(C)(C)C=N. The van der Waals surface area contributed by atoms with Gasteiger partial charge >= 0.3 is 0 Å². The second kappa shape index (κ2) is 4.26. The molecule has 0 heterocycles. The molecule has 0 aromatic rings. The lowest BCUT2D eigenvalue weighted by Gasteiger charge is -2.28. The van der Waals surface area contributed by atoms with Crippen LogP contribution >= 0.6 is 0 Å². The molecule has 0 bridgehead atoms. The summed E-state index contributed by atoms with van der Waals surface area (Å²) in [7, 11) is 0. The molecule has 0 aliphatic heterocycles. The van der Waals surface area contributed by atoms with Gasteiger partial charge in [-0.1, -0.05) is 41.5 Å². The summed E-state index contributed by atoms with van der Waals surface area (Å²) in [4.78, 5) is 0. The Morgan fingerprint density at radius 2 is 1.54 bits per heavy atom. The fraction of sp³-hybridized carbons (Fsp3) is 0.917. The highest BCUT2D eigenvalue weighted by atomic mass is 14.4. The topological polar surface area (TPSA) is 23.9 Å². The van der Waals surface area contributed by atoms with E-state index in [4.69, 9.17) is 5.41 Å². The zero-order valence-corrected chi connectivity index (χ0v) is 10.1. The number of nitrogens with one attached hydrogen (secondary N) is 1. The summed E-state index contributed by atoms with van der Waals surface area (Å²) in [6.45, 7) is 13.4. The molecule has 13 heavy (non-hydrogen) atoms. The van der Waals surface area contributed by atoms with Gasteiger partial charge in [-0.3, -0.25) is 0 Å². The van der Waals surface area contributed by atoms with Crippen molar-refractivity contribution in [2.24, 2.45) is 16.7 Å². The minimum atomic E-state index is 0.0741. The first-order valence-corrected chi connectivity index (χ1v) is 5.18. The van der Waals surface area contributed by atoms with Gasteiger partial charge in [0.2, 0.25) is 0 Å². The Bertz CT molecular complexity index is 162. The van der Waals surface area contributed by atoms with Crippen LogP contribution in [-0.4, -0.2) is 6.21 Å². The highest BCUT2D eigenvalue weighted by Gasteiger charge is 2.22. The highest BCUT2D eigenvalue weighted by Crippen LogP contribution is 2.31. The van der Waals surface area contributed by atoms with Crippen molar-refractivity contribution in [3.8, 4) is 0 Å². The van der Waals surface area contributed by atoms with Crippen LogP contribution in [0.2, 0.25) is 0 Å². The second-order valence-corrected chi connectivity index (χ2v) is 6.21. The first-order chi connectivity index (χ1) is 5.66. The Morgan fingerprint density at radius 3 is 1.85 bits per heavy atom. The number of rotatable bonds is 4. The predicted octanol–water partition coefficient (Wildman–Crippen LogP) is 4.12. The maximum atomic E-state index is 7.30. The standard InChI is InChI=1S/C12H25N/c1-10(7-11(2,3)4)8-12(5,6)9-13/h9-10,13H,7-8H2,1-6H3. The van der Waals surface area contributed by atoms with E-state index < -0.39 is 0 Å². The maximum Gasteiger partial charge on any atom is 0.000877 e. The van der Waals surface area contributed by atoms with Crippen LogP contribution in [0.15, 0.2) is 0 Å². The van der Waals surface area contributed by atoms with Gasteiger partial charge < -0.3 is 5.41 Å². The molecule has 0 aromatic heterocycles. The van der Waals surface area contributed by atoms with Crippen molar-refractivity contribution in [2.45, 2.75) is 54.4 Å². The van der Waals surface area contributed by atoms with Crippen molar-refractivity contribution in [2.75, 3.05) is 0 Å². The smallest absolute Gasteiger partial charge is 0.000877 e. The summed E-state index contributed by atoms with van der Waals surface area (Å²) in [5.41, 5.74) is 0.488. The van der Waals surface area contributed by atoms with Gasteiger partial charge in [-0.25, -0.2) is 0 Å². The molecule has 0 aromatic carbocycles. The summed E-state index contributed by atoms with van der Waals surface area (Å²) in [6.07, 6.45) is 3.93. The van der Waals surface area contributed by atoms with Crippen molar-refractivity contribution < 1.29 is 0 Å². The molecule has 0 aliphatic carbocycles. The van der Waals surface area contributed by atoms with Crippen LogP contribution in [0.4, 0.5) is 0 Å². The van der Waals surface area contributed by atoms with Crippen LogP contribution in [0.1, 0.15) is 54.4 Å². The molecule has 0 amide bonds. The van der Waals surface area contributed by atoms with E-state index >= 15 is 0 Å². The quantitative estimate of drug-likeness (QED) is 0.634. The molecule has 1 heteroatoms. The van der Waals surface area contributed by atoms with E-state index in [2.05, 4.69) is 41.5 Å². The molecule has 0 saturated carbocycles. The molecule has 0 spiro atoms. The summed E-state index contributed by atoms with van der Waals surface area (Å²) in [5.74, 6) is 0.705. The lowest BCUT2D eigenvalue weighted by molar-refractivity contribution is 0.261. The average molecular weight is 183 g/mol. The minimum Gasteiger partial charge on any atom is -0.313 e. The van der Waals surface area contributed by atoms with Crippen molar-refractivity contribution in [3.05, 3.63) is 0 Å². The van der Waals surface area contributed by atoms with Gasteiger partial charge in [-0.2, -0.15) is 0 Å². The van der Waals surface area contributed by atoms with E-state index in [0.717, 1.165) is 6.42 Å². The van der Waals surface area contributed by atoms with Crippen LogP contribution in [0.25, 0.3) is 0 Å². The molecule has 1 N–H and O–H groups in total. The lowest BCUT2D eigenvalue weighted by atomic mass is 9.77. The lowest BCUT2D eigenvalue weighted by Crippen LogP contribution is -2.20. The van der Waals surface area contributed by atoms with Gasteiger partial charge in [0.1, 0.15) is 0 Å². The monoisotopic (exact) mass is 183 g/mol. The molecule has 78 valence electrons. The Hall–Kier alpha value is -0.330. The normalized spacial score (nSPS) is 15.5. The average Bonchev–Trinajstić information content (AvgIpc) is 1.81. The highest BCUT2D eigenvalue weighted by molar-refractivity contribution is 5.60. The van der Waals surface area contributed by atoms with E-state index in [1.54, 1.807) is 6.21 Å². The van der Waals surface area contributed by atoms with Crippen LogP contribution in [-0.2, 0) is 0 Å². The Labute approximate surface area is 83.4 Å². The van der Waals surface area contributed by atoms with Gasteiger partial charge in [0.05, 0.1) is 0 Å². The molecular weight excluding hydrogens is 158 g/mol. The third kappa shape index (κ3) is 6.80. The molecular formula is C12H25N. The minimum absolute atomic E-state index is 0.0741. The Morgan fingerprint density at radius 1 is 1.08 bits per heavy atom. The van der Waals surface area contributed by atoms with Gasteiger partial charge in [-0.05, 0) is 29.6 Å². The predicted molar refractivity (Wildman–Crippen MR) is 60.4 cm³/mol. The Kier molecular flexibility index (Phi) is 4.15. The fourth-order valence-corrected chi connectivity index (χ4v) is 2.07. The molecule has 1 atom stereocenters. The zero-order chi connectivity index (χ0) is 10.7. The maximum absolute atomic E-state index is 7.30. The van der Waals surface area contributed by atoms with Crippen LogP contribution in [0.3, 0.4) is 0 Å². The first-order valence-electron chi connectivity index (χ1n) is 5.18. The van der Waals surface area contributed by atoms with Crippen molar-refractivity contribution in [1.82, 2.24) is 0 Å². The van der Waals surface area contributed by atoms with Crippen LogP contribution in [0, 0.1) is 22.2 Å². The van der Waals surface area contributed by atoms with Crippen molar-refractivity contribution in [3.63, 3.8) is 0 Å². The number of hydrogen-bond donors (Lipinski definition) is 1. The van der Waals surface area contributed by atoms with E-state index in [0.29, 0.717) is 11.3 Å². The molecule has 0 fully saturated rings. The van der Waals surface area contributed by atoms with Gasteiger partial charge in [0.25, 0.3) is 0 Å². The molecule has 0 saturated heterocycles. The summed E-state index contributed by atoms with van der Waals surface area (Å²) >= 11 is 0. The van der Waals surface area contributed by atoms with Gasteiger partial charge in [0, 0.05) is 6.21 Å². The van der Waals surface area contributed by atoms with Crippen molar-refractivity contribution >= 4 is 6.21 Å². The third-order valence-corrected chi connectivity index (χ3v) is 2.23. The fourth-order valence-electron chi connectivity index (χ4n) is 2.07. The Balaban J connectivity index is 4.01. The van der Waals surface area contributed by atoms with E-state index in [1.807, 2.05) is 0 Å². The summed E-state index contributed by atoms with van der Waals surface area (Å²) in [6, 6.07) is 0. The van der Waals surface area contributed by atoms with E-state index in [1.165, 1.54) is 6.42 Å². The number of hydrogen-bond acceptors (Lipinski definition) is 1. The first kappa shape index (κ1) is 12.7. The van der Waals surface area contributed by atoms with Gasteiger partial charge in [0.15, 0.2) is 0 Å². The largest absolute Gasteiger partial charge is 0.313 e. The van der Waals surface area contributed by atoms with E-state index in [9.17, 15) is 0 Å². The second-order valence-electron chi connectivity index (χ2n) is 6.21.